The summed E-state index contributed by atoms with van der Waals surface area (Å²) >= 11 is 0. The zero-order valence-electron chi connectivity index (χ0n) is 5.94. The molecule has 40 valence electrons. The standard InChI is InChI=1S/C5H8O2/c6-5-3-1-2-4-7-5/h1-4H2/i3D2. The van der Waals surface area contributed by atoms with Gasteiger partial charge in [-0.15, -0.1) is 0 Å². The van der Waals surface area contributed by atoms with E-state index in [4.69, 9.17) is 2.74 Å². The third-order valence-electron chi connectivity index (χ3n) is 0.824. The maximum absolute atomic E-state index is 10.5. The number of carbonyl (C=O) groups is 1. The van der Waals surface area contributed by atoms with Crippen LogP contribution in [0.2, 0.25) is 0 Å². The highest BCUT2D eigenvalue weighted by atomic mass is 16.5. The molecule has 0 radical (unpaired) electrons. The van der Waals surface area contributed by atoms with Gasteiger partial charge in [0.25, 0.3) is 0 Å². The molecule has 7 heavy (non-hydrogen) atoms. The fraction of sp³-hybridized carbons (Fsp3) is 0.800. The molecule has 0 atom stereocenters. The van der Waals surface area contributed by atoms with Crippen molar-refractivity contribution < 1.29 is 12.3 Å². The maximum atomic E-state index is 10.5. The summed E-state index contributed by atoms with van der Waals surface area (Å²) in [7, 11) is 0. The van der Waals surface area contributed by atoms with Crippen LogP contribution < -0.4 is 0 Å². The predicted octanol–water partition coefficient (Wildman–Crippen LogP) is 0.714. The van der Waals surface area contributed by atoms with Crippen LogP contribution in [-0.4, -0.2) is 12.6 Å². The van der Waals surface area contributed by atoms with Crippen LogP contribution in [0.1, 0.15) is 22.0 Å². The Kier molecular flexibility index (Phi) is 0.755. The monoisotopic (exact) mass is 102 g/mol. The molecule has 0 aliphatic carbocycles. The zero-order valence-corrected chi connectivity index (χ0v) is 3.94. The first-order valence-corrected chi connectivity index (χ1v) is 2.30. The zero-order chi connectivity index (χ0) is 6.91. The molecule has 0 spiro atoms. The lowest BCUT2D eigenvalue weighted by Gasteiger charge is -2.08. The molecule has 1 rings (SSSR count). The van der Waals surface area contributed by atoms with E-state index in [2.05, 4.69) is 4.74 Å². The summed E-state index contributed by atoms with van der Waals surface area (Å²) in [5.41, 5.74) is 0. The lowest BCUT2D eigenvalue weighted by molar-refractivity contribution is -0.146. The molecule has 0 unspecified atom stereocenters. The van der Waals surface area contributed by atoms with Crippen molar-refractivity contribution in [2.75, 3.05) is 6.61 Å². The number of esters is 1. The van der Waals surface area contributed by atoms with E-state index < -0.39 is 12.3 Å². The minimum atomic E-state index is -1.72. The van der Waals surface area contributed by atoms with Crippen molar-refractivity contribution in [3.05, 3.63) is 0 Å². The van der Waals surface area contributed by atoms with E-state index in [0.717, 1.165) is 0 Å². The second-order valence-electron chi connectivity index (χ2n) is 1.42. The Morgan fingerprint density at radius 3 is 3.00 bits per heavy atom. The quantitative estimate of drug-likeness (QED) is 0.421. The molecular weight excluding hydrogens is 92.1 g/mol. The minimum absolute atomic E-state index is 0.297. The molecular formula is C5H8O2. The number of cyclic esters (lactones) is 1. The number of hydrogen-bond donors (Lipinski definition) is 0. The summed E-state index contributed by atoms with van der Waals surface area (Å²) in [6.07, 6.45) is -0.789. The number of ether oxygens (including phenoxy) is 1. The van der Waals surface area contributed by atoms with Crippen LogP contribution in [0.15, 0.2) is 0 Å². The van der Waals surface area contributed by atoms with Gasteiger partial charge in [-0.1, -0.05) is 0 Å². The van der Waals surface area contributed by atoms with Crippen molar-refractivity contribution in [3.8, 4) is 0 Å². The van der Waals surface area contributed by atoms with Gasteiger partial charge in [-0.25, -0.2) is 0 Å². The third kappa shape index (κ3) is 1.18. The predicted molar refractivity (Wildman–Crippen MR) is 24.8 cm³/mol. The van der Waals surface area contributed by atoms with Gasteiger partial charge >= 0.3 is 5.97 Å². The van der Waals surface area contributed by atoms with Crippen LogP contribution in [0, 0.1) is 0 Å². The Morgan fingerprint density at radius 2 is 2.57 bits per heavy atom. The van der Waals surface area contributed by atoms with Gasteiger partial charge < -0.3 is 4.74 Å². The number of rotatable bonds is 0. The first-order valence-electron chi connectivity index (χ1n) is 3.30. The van der Waals surface area contributed by atoms with Crippen LogP contribution in [0.3, 0.4) is 0 Å². The van der Waals surface area contributed by atoms with Gasteiger partial charge in [-0.05, 0) is 12.8 Å². The summed E-state index contributed by atoms with van der Waals surface area (Å²) in [4.78, 5) is 10.5. The van der Waals surface area contributed by atoms with Gasteiger partial charge in [0.05, 0.1) is 6.61 Å². The van der Waals surface area contributed by atoms with Crippen molar-refractivity contribution in [3.63, 3.8) is 0 Å². The summed E-state index contributed by atoms with van der Waals surface area (Å²) in [6, 6.07) is 0. The Hall–Kier alpha value is -0.530. The molecule has 0 aromatic carbocycles. The first-order chi connectivity index (χ1) is 4.13. The molecule has 0 aromatic heterocycles. The maximum Gasteiger partial charge on any atom is 0.305 e. The fourth-order valence-corrected chi connectivity index (χ4v) is 0.479. The number of hydrogen-bond acceptors (Lipinski definition) is 2. The highest BCUT2D eigenvalue weighted by Crippen LogP contribution is 2.04. The lowest BCUT2D eigenvalue weighted by Crippen LogP contribution is -2.10. The molecule has 2 nitrogen and oxygen atoms in total. The van der Waals surface area contributed by atoms with Crippen molar-refractivity contribution in [1.29, 1.82) is 0 Å². The van der Waals surface area contributed by atoms with E-state index in [0.29, 0.717) is 19.4 Å². The molecule has 0 N–H and O–H groups in total. The average Bonchev–Trinajstić information content (AvgIpc) is 1.77. The lowest BCUT2D eigenvalue weighted by atomic mass is 10.2. The van der Waals surface area contributed by atoms with E-state index in [9.17, 15) is 4.79 Å². The van der Waals surface area contributed by atoms with E-state index in [1.165, 1.54) is 0 Å². The minimum Gasteiger partial charge on any atom is -0.466 e. The Balaban J connectivity index is 2.60. The van der Waals surface area contributed by atoms with E-state index >= 15 is 0 Å². The molecule has 0 bridgehead atoms. The SMILES string of the molecule is [2H]C1([2H])CCCOC1=O. The van der Waals surface area contributed by atoms with Gasteiger partial charge in [0.2, 0.25) is 0 Å². The van der Waals surface area contributed by atoms with Crippen molar-refractivity contribution in [2.45, 2.75) is 19.2 Å². The topological polar surface area (TPSA) is 26.3 Å². The summed E-state index contributed by atoms with van der Waals surface area (Å²) in [5, 5.41) is 0. The Bertz CT molecular complexity index is 133. The molecule has 2 heteroatoms. The molecule has 0 saturated carbocycles. The molecule has 1 fully saturated rings. The van der Waals surface area contributed by atoms with Crippen molar-refractivity contribution in [1.82, 2.24) is 0 Å². The summed E-state index contributed by atoms with van der Waals surface area (Å²) < 4.78 is 18.5. The van der Waals surface area contributed by atoms with Crippen LogP contribution in [0.25, 0.3) is 0 Å². The molecule has 1 saturated heterocycles. The summed E-state index contributed by atoms with van der Waals surface area (Å²) in [6.45, 7) is 0.373. The van der Waals surface area contributed by atoms with Gasteiger partial charge in [0, 0.05) is 9.11 Å². The van der Waals surface area contributed by atoms with E-state index in [1.54, 1.807) is 0 Å². The van der Waals surface area contributed by atoms with Gasteiger partial charge in [0.1, 0.15) is 0 Å². The van der Waals surface area contributed by atoms with Crippen molar-refractivity contribution >= 4 is 5.97 Å². The molecule has 0 amide bonds. The molecule has 1 aliphatic heterocycles. The largest absolute Gasteiger partial charge is 0.466 e. The third-order valence-corrected chi connectivity index (χ3v) is 0.824. The van der Waals surface area contributed by atoms with Gasteiger partial charge in [-0.3, -0.25) is 4.79 Å². The molecule has 1 heterocycles. The van der Waals surface area contributed by atoms with Gasteiger partial charge in [0.15, 0.2) is 0 Å². The smallest absolute Gasteiger partial charge is 0.305 e. The first kappa shape index (κ1) is 2.70. The number of carbonyl (C=O) groups excluding carboxylic acids is 1. The molecule has 1 aliphatic rings. The highest BCUT2D eigenvalue weighted by Gasteiger charge is 2.06. The van der Waals surface area contributed by atoms with Crippen LogP contribution in [0.5, 0.6) is 0 Å². The summed E-state index contributed by atoms with van der Waals surface area (Å²) in [5.74, 6) is -0.714. The van der Waals surface area contributed by atoms with Crippen molar-refractivity contribution in [2.24, 2.45) is 0 Å². The van der Waals surface area contributed by atoms with Crippen LogP contribution in [-0.2, 0) is 9.53 Å². The second-order valence-corrected chi connectivity index (χ2v) is 1.42. The average molecular weight is 102 g/mol. The fourth-order valence-electron chi connectivity index (χ4n) is 0.479. The highest BCUT2D eigenvalue weighted by molar-refractivity contribution is 5.69. The Labute approximate surface area is 45.3 Å². The normalized spacial score (nSPS) is 32.9. The van der Waals surface area contributed by atoms with Crippen LogP contribution in [0.4, 0.5) is 0 Å². The van der Waals surface area contributed by atoms with E-state index in [1.807, 2.05) is 0 Å². The van der Waals surface area contributed by atoms with Crippen LogP contribution >= 0.6 is 0 Å². The Morgan fingerprint density at radius 1 is 1.71 bits per heavy atom. The molecule has 0 aromatic rings. The van der Waals surface area contributed by atoms with Gasteiger partial charge in [-0.2, -0.15) is 0 Å². The van der Waals surface area contributed by atoms with E-state index in [-0.39, 0.29) is 0 Å². The second kappa shape index (κ2) is 1.96.